The largest absolute Gasteiger partial charge is 0.493 e. The molecule has 0 radical (unpaired) electrons. The first-order chi connectivity index (χ1) is 10.4. The first-order valence-corrected chi connectivity index (χ1v) is 7.69. The number of fused-ring (bicyclic) bond motifs is 1. The fourth-order valence-corrected chi connectivity index (χ4v) is 2.93. The number of aromatic nitrogens is 2. The monoisotopic (exact) mass is 381 g/mol. The Bertz CT molecular complexity index is 867. The molecule has 3 aromatic rings. The summed E-state index contributed by atoms with van der Waals surface area (Å²) in [5.41, 5.74) is 4.75. The molecule has 0 saturated heterocycles. The molecule has 3 N–H and O–H groups in total. The van der Waals surface area contributed by atoms with Crippen molar-refractivity contribution in [2.75, 3.05) is 5.43 Å². The van der Waals surface area contributed by atoms with E-state index in [0.717, 1.165) is 9.86 Å². The van der Waals surface area contributed by atoms with E-state index in [2.05, 4.69) is 26.3 Å². The summed E-state index contributed by atoms with van der Waals surface area (Å²) in [5.74, 6) is 0.269. The van der Waals surface area contributed by atoms with Crippen LogP contribution in [-0.2, 0) is 0 Å². The number of para-hydroxylation sites is 1. The first-order valence-electron chi connectivity index (χ1n) is 6.51. The zero-order valence-corrected chi connectivity index (χ0v) is 14.2. The van der Waals surface area contributed by atoms with Gasteiger partial charge in [-0.2, -0.15) is 4.68 Å². The Morgan fingerprint density at radius 1 is 1.18 bits per heavy atom. The Balaban J connectivity index is 2.13. The van der Waals surface area contributed by atoms with E-state index in [4.69, 9.17) is 11.6 Å². The molecule has 0 atom stereocenters. The number of aromatic hydroxyl groups is 2. The number of pyridine rings is 1. The fraction of sp³-hybridized carbons (Fsp3) is 0.133. The minimum atomic E-state index is -0.0693. The van der Waals surface area contributed by atoms with Gasteiger partial charge in [-0.05, 0) is 35.8 Å². The quantitative estimate of drug-likeness (QED) is 0.616. The molecule has 114 valence electrons. The summed E-state index contributed by atoms with van der Waals surface area (Å²) in [6.07, 6.45) is 0. The SMILES string of the molecule is Cc1c(C)c(O)n(Nc2cc(Cl)c3cccc(Br)c3n2)c1O. The van der Waals surface area contributed by atoms with E-state index in [9.17, 15) is 10.2 Å². The highest BCUT2D eigenvalue weighted by atomic mass is 79.9. The molecule has 0 spiro atoms. The van der Waals surface area contributed by atoms with Crippen molar-refractivity contribution < 1.29 is 10.2 Å². The van der Waals surface area contributed by atoms with E-state index in [1.807, 2.05) is 18.2 Å². The standard InChI is InChI=1S/C15H13BrClN3O2/c1-7-8(2)15(22)20(14(7)21)19-12-6-11(17)9-4-3-5-10(16)13(9)18-12/h3-6,21-22H,1-2H3,(H,18,19). The van der Waals surface area contributed by atoms with Crippen LogP contribution >= 0.6 is 27.5 Å². The molecule has 1 aromatic carbocycles. The van der Waals surface area contributed by atoms with Gasteiger partial charge in [-0.25, -0.2) is 4.98 Å². The van der Waals surface area contributed by atoms with Gasteiger partial charge in [-0.15, -0.1) is 0 Å². The van der Waals surface area contributed by atoms with Crippen LogP contribution in [0.3, 0.4) is 0 Å². The van der Waals surface area contributed by atoms with Gasteiger partial charge in [-0.1, -0.05) is 23.7 Å². The molecule has 0 unspecified atom stereocenters. The van der Waals surface area contributed by atoms with Crippen molar-refractivity contribution in [3.63, 3.8) is 0 Å². The lowest BCUT2D eigenvalue weighted by Gasteiger charge is -2.12. The van der Waals surface area contributed by atoms with Gasteiger partial charge >= 0.3 is 0 Å². The van der Waals surface area contributed by atoms with Gasteiger partial charge in [-0.3, -0.25) is 5.43 Å². The van der Waals surface area contributed by atoms with Gasteiger partial charge in [0.05, 0.1) is 10.5 Å². The number of hydrogen-bond acceptors (Lipinski definition) is 4. The van der Waals surface area contributed by atoms with E-state index in [1.165, 1.54) is 4.68 Å². The maximum absolute atomic E-state index is 10.1. The summed E-state index contributed by atoms with van der Waals surface area (Å²) in [6.45, 7) is 3.44. The Kier molecular flexibility index (Phi) is 3.66. The number of anilines is 1. The van der Waals surface area contributed by atoms with Crippen molar-refractivity contribution in [2.45, 2.75) is 13.8 Å². The normalized spacial score (nSPS) is 11.1. The van der Waals surface area contributed by atoms with E-state index in [0.29, 0.717) is 27.5 Å². The van der Waals surface area contributed by atoms with Gasteiger partial charge < -0.3 is 10.2 Å². The molecule has 2 aromatic heterocycles. The molecule has 0 aliphatic rings. The number of rotatable bonds is 2. The summed E-state index contributed by atoms with van der Waals surface area (Å²) in [6, 6.07) is 7.26. The van der Waals surface area contributed by atoms with Crippen LogP contribution in [0.2, 0.25) is 5.02 Å². The van der Waals surface area contributed by atoms with Crippen LogP contribution in [0.25, 0.3) is 10.9 Å². The minimum Gasteiger partial charge on any atom is -0.493 e. The van der Waals surface area contributed by atoms with Crippen molar-refractivity contribution >= 4 is 44.3 Å². The van der Waals surface area contributed by atoms with Crippen LogP contribution in [0.15, 0.2) is 28.7 Å². The van der Waals surface area contributed by atoms with E-state index < -0.39 is 0 Å². The van der Waals surface area contributed by atoms with Gasteiger partial charge in [0.2, 0.25) is 11.8 Å². The molecular weight excluding hydrogens is 370 g/mol. The second-order valence-electron chi connectivity index (χ2n) is 4.97. The summed E-state index contributed by atoms with van der Waals surface area (Å²) >= 11 is 9.72. The van der Waals surface area contributed by atoms with Crippen LogP contribution in [0, 0.1) is 13.8 Å². The molecule has 0 aliphatic heterocycles. The molecule has 0 bridgehead atoms. The Morgan fingerprint density at radius 2 is 1.82 bits per heavy atom. The van der Waals surface area contributed by atoms with Crippen molar-refractivity contribution in [3.05, 3.63) is 44.9 Å². The third kappa shape index (κ3) is 2.28. The number of nitrogens with one attached hydrogen (secondary N) is 1. The Labute approximate surface area is 140 Å². The molecular formula is C15H13BrClN3O2. The number of benzene rings is 1. The zero-order valence-electron chi connectivity index (χ0n) is 11.9. The maximum atomic E-state index is 10.1. The second-order valence-corrected chi connectivity index (χ2v) is 6.23. The van der Waals surface area contributed by atoms with E-state index in [-0.39, 0.29) is 11.8 Å². The predicted octanol–water partition coefficient (Wildman–Crippen LogP) is 4.36. The highest BCUT2D eigenvalue weighted by molar-refractivity contribution is 9.10. The first kappa shape index (κ1) is 15.0. The summed E-state index contributed by atoms with van der Waals surface area (Å²) in [7, 11) is 0. The number of nitrogens with zero attached hydrogens (tertiary/aromatic N) is 2. The molecule has 2 heterocycles. The Morgan fingerprint density at radius 3 is 2.45 bits per heavy atom. The topological polar surface area (TPSA) is 70.3 Å². The van der Waals surface area contributed by atoms with Crippen LogP contribution in [0.4, 0.5) is 5.82 Å². The summed E-state index contributed by atoms with van der Waals surface area (Å²) in [4.78, 5) is 4.47. The van der Waals surface area contributed by atoms with Crippen LogP contribution in [0.5, 0.6) is 11.8 Å². The molecule has 0 saturated carbocycles. The molecule has 0 aliphatic carbocycles. The third-order valence-corrected chi connectivity index (χ3v) is 4.58. The van der Waals surface area contributed by atoms with Crippen molar-refractivity contribution in [2.24, 2.45) is 0 Å². The molecule has 22 heavy (non-hydrogen) atoms. The number of hydrogen-bond donors (Lipinski definition) is 3. The molecule has 5 nitrogen and oxygen atoms in total. The lowest BCUT2D eigenvalue weighted by molar-refractivity contribution is 0.390. The third-order valence-electron chi connectivity index (χ3n) is 3.62. The lowest BCUT2D eigenvalue weighted by Crippen LogP contribution is -2.09. The molecule has 3 rings (SSSR count). The van der Waals surface area contributed by atoms with Gasteiger partial charge in [0.1, 0.15) is 5.82 Å². The fourth-order valence-electron chi connectivity index (χ4n) is 2.22. The Hall–Kier alpha value is -1.92. The van der Waals surface area contributed by atoms with Gasteiger partial charge in [0.25, 0.3) is 0 Å². The lowest BCUT2D eigenvalue weighted by atomic mass is 10.2. The molecule has 0 amide bonds. The van der Waals surface area contributed by atoms with Crippen molar-refractivity contribution in [1.29, 1.82) is 0 Å². The van der Waals surface area contributed by atoms with Crippen LogP contribution < -0.4 is 5.43 Å². The van der Waals surface area contributed by atoms with Gasteiger partial charge in [0, 0.05) is 27.1 Å². The predicted molar refractivity (Wildman–Crippen MR) is 90.7 cm³/mol. The average molecular weight is 383 g/mol. The van der Waals surface area contributed by atoms with Crippen molar-refractivity contribution in [3.8, 4) is 11.8 Å². The van der Waals surface area contributed by atoms with Crippen LogP contribution in [0.1, 0.15) is 11.1 Å². The second kappa shape index (κ2) is 5.37. The maximum Gasteiger partial charge on any atom is 0.216 e. The van der Waals surface area contributed by atoms with E-state index in [1.54, 1.807) is 19.9 Å². The minimum absolute atomic E-state index is 0.0693. The molecule has 0 fully saturated rings. The highest BCUT2D eigenvalue weighted by Crippen LogP contribution is 2.34. The van der Waals surface area contributed by atoms with E-state index >= 15 is 0 Å². The van der Waals surface area contributed by atoms with Crippen molar-refractivity contribution in [1.82, 2.24) is 9.66 Å². The summed E-state index contributed by atoms with van der Waals surface area (Å²) in [5, 5.41) is 21.5. The summed E-state index contributed by atoms with van der Waals surface area (Å²) < 4.78 is 1.98. The zero-order chi connectivity index (χ0) is 16.0. The number of halogens is 2. The average Bonchev–Trinajstić information content (AvgIpc) is 2.66. The smallest absolute Gasteiger partial charge is 0.216 e. The highest BCUT2D eigenvalue weighted by Gasteiger charge is 2.17. The van der Waals surface area contributed by atoms with Crippen LogP contribution in [-0.4, -0.2) is 19.9 Å². The van der Waals surface area contributed by atoms with Gasteiger partial charge in [0.15, 0.2) is 0 Å². The molecule has 7 heteroatoms.